The average Bonchev–Trinajstić information content (AvgIpc) is 2.72. The number of imidazole rings is 1. The van der Waals surface area contributed by atoms with Gasteiger partial charge in [0.05, 0.1) is 16.6 Å². The molecule has 24 heavy (non-hydrogen) atoms. The lowest BCUT2D eigenvalue weighted by Gasteiger charge is -2.30. The minimum absolute atomic E-state index is 0.0407. The minimum atomic E-state index is -0.905. The summed E-state index contributed by atoms with van der Waals surface area (Å²) in [6.07, 6.45) is 3.38. The van der Waals surface area contributed by atoms with Crippen LogP contribution in [-0.2, 0) is 10.4 Å². The third-order valence-electron chi connectivity index (χ3n) is 4.74. The molecule has 0 atom stereocenters. The van der Waals surface area contributed by atoms with Crippen molar-refractivity contribution in [3.8, 4) is 0 Å². The van der Waals surface area contributed by atoms with Crippen LogP contribution >= 0.6 is 0 Å². The zero-order valence-corrected chi connectivity index (χ0v) is 15.2. The number of hydrogen-bond donors (Lipinski definition) is 2. The van der Waals surface area contributed by atoms with E-state index in [1.165, 1.54) is 6.42 Å². The summed E-state index contributed by atoms with van der Waals surface area (Å²) >= 11 is 0. The highest BCUT2D eigenvalue weighted by Crippen LogP contribution is 2.38. The lowest BCUT2D eigenvalue weighted by atomic mass is 9.92. The quantitative estimate of drug-likeness (QED) is 0.895. The van der Waals surface area contributed by atoms with Crippen LogP contribution in [0, 0.1) is 5.41 Å². The van der Waals surface area contributed by atoms with Crippen LogP contribution in [0.3, 0.4) is 0 Å². The van der Waals surface area contributed by atoms with E-state index in [-0.39, 0.29) is 5.91 Å². The van der Waals surface area contributed by atoms with Crippen molar-refractivity contribution in [1.29, 1.82) is 0 Å². The first kappa shape index (κ1) is 17.0. The zero-order valence-electron chi connectivity index (χ0n) is 15.2. The Labute approximate surface area is 143 Å². The number of aromatic nitrogens is 2. The van der Waals surface area contributed by atoms with E-state index in [1.54, 1.807) is 13.8 Å². The summed E-state index contributed by atoms with van der Waals surface area (Å²) in [5.41, 5.74) is 1.30. The molecule has 0 spiro atoms. The van der Waals surface area contributed by atoms with Crippen LogP contribution in [0.25, 0.3) is 11.0 Å². The van der Waals surface area contributed by atoms with Crippen molar-refractivity contribution < 1.29 is 9.90 Å². The predicted molar refractivity (Wildman–Crippen MR) is 96.0 cm³/mol. The number of carbonyl (C=O) groups excluding carboxylic acids is 1. The molecule has 0 radical (unpaired) electrons. The van der Waals surface area contributed by atoms with Crippen LogP contribution in [0.1, 0.15) is 65.5 Å². The Kier molecular flexibility index (Phi) is 3.95. The molecule has 130 valence electrons. The molecular weight excluding hydrogens is 302 g/mol. The number of amides is 1. The number of aliphatic hydroxyl groups is 1. The number of fused-ring (bicyclic) bond motifs is 1. The van der Waals surface area contributed by atoms with Gasteiger partial charge in [0.1, 0.15) is 0 Å². The number of anilines is 1. The van der Waals surface area contributed by atoms with Gasteiger partial charge >= 0.3 is 0 Å². The Hall–Kier alpha value is -1.88. The van der Waals surface area contributed by atoms with Gasteiger partial charge in [0.25, 0.3) is 0 Å². The Balaban J connectivity index is 2.10. The summed E-state index contributed by atoms with van der Waals surface area (Å²) in [4.78, 5) is 17.1. The van der Waals surface area contributed by atoms with E-state index in [1.807, 2.05) is 39.0 Å². The van der Waals surface area contributed by atoms with Gasteiger partial charge in [0.15, 0.2) is 0 Å². The molecule has 0 aliphatic heterocycles. The molecule has 1 aliphatic rings. The van der Waals surface area contributed by atoms with Crippen LogP contribution in [0.2, 0.25) is 0 Å². The number of benzene rings is 1. The van der Waals surface area contributed by atoms with Crippen molar-refractivity contribution in [3.05, 3.63) is 23.8 Å². The molecule has 1 aromatic carbocycles. The molecule has 5 heteroatoms. The third kappa shape index (κ3) is 3.05. The first-order chi connectivity index (χ1) is 11.1. The molecule has 2 N–H and O–H groups in total. The summed E-state index contributed by atoms with van der Waals surface area (Å²) in [5, 5.41) is 13.3. The zero-order chi connectivity index (χ0) is 17.7. The first-order valence-corrected chi connectivity index (χ1v) is 8.63. The summed E-state index contributed by atoms with van der Waals surface area (Å²) in [6, 6.07) is 6.18. The van der Waals surface area contributed by atoms with Gasteiger partial charge in [-0.2, -0.15) is 0 Å². The molecule has 1 saturated carbocycles. The number of hydrogen-bond acceptors (Lipinski definition) is 3. The second-order valence-corrected chi connectivity index (χ2v) is 8.36. The fraction of sp³-hybridized carbons (Fsp3) is 0.579. The topological polar surface area (TPSA) is 67.2 Å². The Morgan fingerprint density at radius 1 is 1.25 bits per heavy atom. The second kappa shape index (κ2) is 5.59. The van der Waals surface area contributed by atoms with E-state index in [0.717, 1.165) is 29.4 Å². The molecular formula is C19H27N3O2. The summed E-state index contributed by atoms with van der Waals surface area (Å²) in [7, 11) is 0. The fourth-order valence-electron chi connectivity index (χ4n) is 2.87. The number of nitrogens with one attached hydrogen (secondary N) is 1. The van der Waals surface area contributed by atoms with Crippen LogP contribution in [0.5, 0.6) is 0 Å². The van der Waals surface area contributed by atoms with Crippen molar-refractivity contribution in [2.45, 2.75) is 65.5 Å². The van der Waals surface area contributed by atoms with Gasteiger partial charge in [-0.15, -0.1) is 0 Å². The van der Waals surface area contributed by atoms with Crippen molar-refractivity contribution in [1.82, 2.24) is 9.55 Å². The predicted octanol–water partition coefficient (Wildman–Crippen LogP) is 3.97. The van der Waals surface area contributed by atoms with E-state index in [4.69, 9.17) is 0 Å². The molecule has 5 nitrogen and oxygen atoms in total. The van der Waals surface area contributed by atoms with Gasteiger partial charge in [-0.05, 0) is 50.8 Å². The van der Waals surface area contributed by atoms with Gasteiger partial charge in [0.2, 0.25) is 11.9 Å². The van der Waals surface area contributed by atoms with Crippen molar-refractivity contribution in [3.63, 3.8) is 0 Å². The molecule has 0 bridgehead atoms. The lowest BCUT2D eigenvalue weighted by molar-refractivity contribution is -0.123. The maximum atomic E-state index is 12.4. The Morgan fingerprint density at radius 2 is 1.92 bits per heavy atom. The SMILES string of the molecule is CC(C)(C)C(=O)Nc1nc2ccc(C(C)(C)O)cc2n1C1CCC1. The van der Waals surface area contributed by atoms with Crippen LogP contribution < -0.4 is 5.32 Å². The summed E-state index contributed by atoms with van der Waals surface area (Å²) in [5.74, 6) is 0.573. The van der Waals surface area contributed by atoms with Gasteiger partial charge in [0, 0.05) is 11.5 Å². The lowest BCUT2D eigenvalue weighted by Crippen LogP contribution is -2.30. The average molecular weight is 329 g/mol. The van der Waals surface area contributed by atoms with Gasteiger partial charge in [-0.25, -0.2) is 4.98 Å². The molecule has 1 amide bonds. The smallest absolute Gasteiger partial charge is 0.232 e. The maximum Gasteiger partial charge on any atom is 0.232 e. The standard InChI is InChI=1S/C19H27N3O2/c1-18(2,3)16(23)21-17-20-14-10-9-12(19(4,5)24)11-15(14)22(17)13-7-6-8-13/h9-11,13,24H,6-8H2,1-5H3,(H,20,21,23). The molecule has 3 rings (SSSR count). The minimum Gasteiger partial charge on any atom is -0.386 e. The van der Waals surface area contributed by atoms with E-state index >= 15 is 0 Å². The molecule has 1 fully saturated rings. The number of rotatable bonds is 3. The third-order valence-corrected chi connectivity index (χ3v) is 4.74. The van der Waals surface area contributed by atoms with Gasteiger partial charge in [-0.1, -0.05) is 26.8 Å². The molecule has 0 unspecified atom stereocenters. The van der Waals surface area contributed by atoms with E-state index < -0.39 is 11.0 Å². The molecule has 2 aromatic rings. The molecule has 1 aromatic heterocycles. The number of nitrogens with zero attached hydrogens (tertiary/aromatic N) is 2. The highest BCUT2D eigenvalue weighted by atomic mass is 16.3. The first-order valence-electron chi connectivity index (χ1n) is 8.63. The van der Waals surface area contributed by atoms with Crippen molar-refractivity contribution >= 4 is 22.9 Å². The Bertz CT molecular complexity index is 774. The van der Waals surface area contributed by atoms with E-state index in [2.05, 4.69) is 14.9 Å². The monoisotopic (exact) mass is 329 g/mol. The van der Waals surface area contributed by atoms with Gasteiger partial charge < -0.3 is 9.67 Å². The van der Waals surface area contributed by atoms with Crippen LogP contribution in [-0.4, -0.2) is 20.6 Å². The Morgan fingerprint density at radius 3 is 2.42 bits per heavy atom. The fourth-order valence-corrected chi connectivity index (χ4v) is 2.87. The summed E-state index contributed by atoms with van der Waals surface area (Å²) in [6.45, 7) is 9.24. The highest BCUT2D eigenvalue weighted by molar-refractivity contribution is 5.95. The van der Waals surface area contributed by atoms with Crippen molar-refractivity contribution in [2.75, 3.05) is 5.32 Å². The highest BCUT2D eigenvalue weighted by Gasteiger charge is 2.29. The normalized spacial score (nSPS) is 16.2. The van der Waals surface area contributed by atoms with Crippen LogP contribution in [0.15, 0.2) is 18.2 Å². The second-order valence-electron chi connectivity index (χ2n) is 8.36. The van der Waals surface area contributed by atoms with E-state index in [0.29, 0.717) is 12.0 Å². The molecule has 0 saturated heterocycles. The van der Waals surface area contributed by atoms with Crippen molar-refractivity contribution in [2.24, 2.45) is 5.41 Å². The molecule has 1 aliphatic carbocycles. The number of carbonyl (C=O) groups is 1. The maximum absolute atomic E-state index is 12.4. The van der Waals surface area contributed by atoms with Gasteiger partial charge in [-0.3, -0.25) is 10.1 Å². The van der Waals surface area contributed by atoms with E-state index in [9.17, 15) is 9.90 Å². The summed E-state index contributed by atoms with van der Waals surface area (Å²) < 4.78 is 2.14. The van der Waals surface area contributed by atoms with Crippen LogP contribution in [0.4, 0.5) is 5.95 Å². The largest absolute Gasteiger partial charge is 0.386 e. The molecule has 1 heterocycles.